The number of carbonyl (C=O) groups excluding carboxylic acids is 1. The highest BCUT2D eigenvalue weighted by Gasteiger charge is 2.09. The molecule has 0 aliphatic carbocycles. The monoisotopic (exact) mass is 313 g/mol. The van der Waals surface area contributed by atoms with E-state index in [-0.39, 0.29) is 5.78 Å². The molecule has 2 aromatic heterocycles. The molecule has 2 heterocycles. The van der Waals surface area contributed by atoms with Crippen LogP contribution in [0.3, 0.4) is 0 Å². The molecule has 0 unspecified atom stereocenters. The Morgan fingerprint density at radius 1 is 0.958 bits per heavy atom. The second-order valence-electron chi connectivity index (χ2n) is 5.70. The van der Waals surface area contributed by atoms with Crippen molar-refractivity contribution in [3.05, 3.63) is 83.9 Å². The van der Waals surface area contributed by atoms with E-state index in [9.17, 15) is 4.79 Å². The van der Waals surface area contributed by atoms with Gasteiger partial charge in [0.25, 0.3) is 0 Å². The third kappa shape index (κ3) is 2.58. The third-order valence-electron chi connectivity index (χ3n) is 4.00. The first kappa shape index (κ1) is 14.3. The lowest BCUT2D eigenvalue weighted by molar-refractivity contribution is 0.103. The van der Waals surface area contributed by atoms with Crippen molar-refractivity contribution in [1.82, 2.24) is 15.0 Å². The first-order chi connectivity index (χ1) is 11.7. The lowest BCUT2D eigenvalue weighted by atomic mass is 10.00. The second kappa shape index (κ2) is 5.74. The number of pyridine rings is 1. The van der Waals surface area contributed by atoms with E-state index in [1.807, 2.05) is 43.3 Å². The van der Waals surface area contributed by atoms with Gasteiger partial charge in [0.05, 0.1) is 11.0 Å². The highest BCUT2D eigenvalue weighted by molar-refractivity contribution is 6.09. The minimum atomic E-state index is -0.0192. The highest BCUT2D eigenvalue weighted by Crippen LogP contribution is 2.24. The van der Waals surface area contributed by atoms with Gasteiger partial charge >= 0.3 is 0 Å². The van der Waals surface area contributed by atoms with Gasteiger partial charge in [-0.05, 0) is 42.3 Å². The van der Waals surface area contributed by atoms with Gasteiger partial charge in [-0.15, -0.1) is 0 Å². The molecule has 4 heteroatoms. The zero-order valence-corrected chi connectivity index (χ0v) is 13.2. The molecule has 0 fully saturated rings. The van der Waals surface area contributed by atoms with Gasteiger partial charge in [0, 0.05) is 23.5 Å². The molecular weight excluding hydrogens is 298 g/mol. The number of aromatic amines is 1. The van der Waals surface area contributed by atoms with Gasteiger partial charge < -0.3 is 4.98 Å². The number of fused-ring (bicyclic) bond motifs is 1. The molecule has 0 radical (unpaired) electrons. The summed E-state index contributed by atoms with van der Waals surface area (Å²) in [6, 6.07) is 17.3. The Labute approximate surface area is 139 Å². The average molecular weight is 313 g/mol. The van der Waals surface area contributed by atoms with Gasteiger partial charge in [0.2, 0.25) is 0 Å². The first-order valence-electron chi connectivity index (χ1n) is 7.72. The van der Waals surface area contributed by atoms with E-state index in [0.29, 0.717) is 11.1 Å². The van der Waals surface area contributed by atoms with Crippen molar-refractivity contribution in [3.63, 3.8) is 0 Å². The fraction of sp³-hybridized carbons (Fsp3) is 0.0500. The second-order valence-corrected chi connectivity index (χ2v) is 5.70. The molecule has 1 N–H and O–H groups in total. The van der Waals surface area contributed by atoms with Crippen LogP contribution in [0.25, 0.3) is 22.2 Å². The lowest BCUT2D eigenvalue weighted by Gasteiger charge is -2.04. The Balaban J connectivity index is 1.66. The maximum atomic E-state index is 12.4. The van der Waals surface area contributed by atoms with Crippen LogP contribution in [0.4, 0.5) is 0 Å². The average Bonchev–Trinajstić information content (AvgIpc) is 3.01. The minimum Gasteiger partial charge on any atom is -0.342 e. The predicted octanol–water partition coefficient (Wildman–Crippen LogP) is 4.16. The molecule has 4 aromatic rings. The van der Waals surface area contributed by atoms with Crippen molar-refractivity contribution in [2.45, 2.75) is 6.92 Å². The maximum Gasteiger partial charge on any atom is 0.194 e. The first-order valence-corrected chi connectivity index (χ1v) is 7.72. The fourth-order valence-electron chi connectivity index (χ4n) is 2.79. The Kier molecular flexibility index (Phi) is 3.43. The molecule has 4 nitrogen and oxygen atoms in total. The van der Waals surface area contributed by atoms with Crippen molar-refractivity contribution < 1.29 is 4.79 Å². The summed E-state index contributed by atoms with van der Waals surface area (Å²) >= 11 is 0. The number of nitrogens with zero attached hydrogens (tertiary/aromatic N) is 2. The van der Waals surface area contributed by atoms with E-state index in [4.69, 9.17) is 0 Å². The standard InChI is InChI=1S/C20H15N3O/c1-13-22-18-9-8-16(11-19(18)23-13)14-4-6-15(7-5-14)20(24)17-3-2-10-21-12-17/h2-12H,1H3,(H,22,23). The van der Waals surface area contributed by atoms with Gasteiger partial charge in [0.1, 0.15) is 5.82 Å². The van der Waals surface area contributed by atoms with Crippen LogP contribution in [0, 0.1) is 6.92 Å². The molecular formula is C20H15N3O. The Morgan fingerprint density at radius 2 is 1.75 bits per heavy atom. The van der Waals surface area contributed by atoms with Crippen LogP contribution in [0.15, 0.2) is 67.0 Å². The van der Waals surface area contributed by atoms with Crippen LogP contribution >= 0.6 is 0 Å². The van der Waals surface area contributed by atoms with Gasteiger partial charge in [-0.3, -0.25) is 9.78 Å². The molecule has 2 aromatic carbocycles. The molecule has 116 valence electrons. The number of benzene rings is 2. The Bertz CT molecular complexity index is 1020. The van der Waals surface area contributed by atoms with Crippen LogP contribution in [0.5, 0.6) is 0 Å². The molecule has 0 aliphatic rings. The Hall–Kier alpha value is -3.27. The fourth-order valence-corrected chi connectivity index (χ4v) is 2.79. The SMILES string of the molecule is Cc1nc2ccc(-c3ccc(C(=O)c4cccnc4)cc3)cc2[nH]1. The zero-order chi connectivity index (χ0) is 16.5. The summed E-state index contributed by atoms with van der Waals surface area (Å²) in [6.07, 6.45) is 3.25. The number of rotatable bonds is 3. The quantitative estimate of drug-likeness (QED) is 0.578. The lowest BCUT2D eigenvalue weighted by Crippen LogP contribution is -2.01. The number of H-pyrrole nitrogens is 1. The predicted molar refractivity (Wildman–Crippen MR) is 93.9 cm³/mol. The number of nitrogens with one attached hydrogen (secondary N) is 1. The van der Waals surface area contributed by atoms with Crippen LogP contribution in [0.1, 0.15) is 21.7 Å². The summed E-state index contributed by atoms with van der Waals surface area (Å²) < 4.78 is 0. The normalized spacial score (nSPS) is 10.9. The van der Waals surface area contributed by atoms with Gasteiger partial charge in [0.15, 0.2) is 5.78 Å². The minimum absolute atomic E-state index is 0.0192. The van der Waals surface area contributed by atoms with Gasteiger partial charge in [-0.2, -0.15) is 0 Å². The molecule has 0 bridgehead atoms. The van der Waals surface area contributed by atoms with E-state index in [0.717, 1.165) is 28.0 Å². The summed E-state index contributed by atoms with van der Waals surface area (Å²) in [5, 5.41) is 0. The van der Waals surface area contributed by atoms with E-state index in [1.54, 1.807) is 24.5 Å². The summed E-state index contributed by atoms with van der Waals surface area (Å²) in [6.45, 7) is 1.94. The summed E-state index contributed by atoms with van der Waals surface area (Å²) in [5.41, 5.74) is 5.38. The molecule has 0 aliphatic heterocycles. The number of aryl methyl sites for hydroxylation is 1. The van der Waals surface area contributed by atoms with Crippen molar-refractivity contribution in [2.24, 2.45) is 0 Å². The van der Waals surface area contributed by atoms with E-state index in [2.05, 4.69) is 21.0 Å². The van der Waals surface area contributed by atoms with Crippen molar-refractivity contribution in [1.29, 1.82) is 0 Å². The molecule has 0 spiro atoms. The number of hydrogen-bond donors (Lipinski definition) is 1. The van der Waals surface area contributed by atoms with Crippen LogP contribution in [-0.2, 0) is 0 Å². The molecule has 0 atom stereocenters. The highest BCUT2D eigenvalue weighted by atomic mass is 16.1. The number of carbonyl (C=O) groups is 1. The third-order valence-corrected chi connectivity index (χ3v) is 4.00. The summed E-state index contributed by atoms with van der Waals surface area (Å²) in [5.74, 6) is 0.883. The molecule has 24 heavy (non-hydrogen) atoms. The van der Waals surface area contributed by atoms with Crippen molar-refractivity contribution >= 4 is 16.8 Å². The summed E-state index contributed by atoms with van der Waals surface area (Å²) in [7, 11) is 0. The largest absolute Gasteiger partial charge is 0.342 e. The number of ketones is 1. The Morgan fingerprint density at radius 3 is 2.50 bits per heavy atom. The molecule has 0 saturated carbocycles. The van der Waals surface area contributed by atoms with Gasteiger partial charge in [-0.25, -0.2) is 4.98 Å². The zero-order valence-electron chi connectivity index (χ0n) is 13.2. The van der Waals surface area contributed by atoms with Gasteiger partial charge in [-0.1, -0.05) is 30.3 Å². The molecule has 0 amide bonds. The van der Waals surface area contributed by atoms with E-state index < -0.39 is 0 Å². The molecule has 0 saturated heterocycles. The van der Waals surface area contributed by atoms with E-state index in [1.165, 1.54) is 0 Å². The van der Waals surface area contributed by atoms with Crippen LogP contribution in [0.2, 0.25) is 0 Å². The van der Waals surface area contributed by atoms with Crippen molar-refractivity contribution in [2.75, 3.05) is 0 Å². The molecule has 4 rings (SSSR count). The number of aromatic nitrogens is 3. The van der Waals surface area contributed by atoms with Crippen LogP contribution in [-0.4, -0.2) is 20.7 Å². The van der Waals surface area contributed by atoms with Crippen LogP contribution < -0.4 is 0 Å². The van der Waals surface area contributed by atoms with E-state index >= 15 is 0 Å². The maximum absolute atomic E-state index is 12.4. The number of hydrogen-bond acceptors (Lipinski definition) is 3. The topological polar surface area (TPSA) is 58.6 Å². The summed E-state index contributed by atoms with van der Waals surface area (Å²) in [4.78, 5) is 24.1. The van der Waals surface area contributed by atoms with Crippen molar-refractivity contribution in [3.8, 4) is 11.1 Å². The smallest absolute Gasteiger partial charge is 0.194 e. The number of imidazole rings is 1.